The molecule has 0 unspecified atom stereocenters. The Kier molecular flexibility index (Phi) is 4.20. The number of benzene rings is 1. The Labute approximate surface area is 86.0 Å². The zero-order valence-corrected chi connectivity index (χ0v) is 8.66. The van der Waals surface area contributed by atoms with E-state index in [2.05, 4.69) is 20.9 Å². The zero-order chi connectivity index (χ0) is 9.52. The second-order valence-electron chi connectivity index (χ2n) is 2.49. The van der Waals surface area contributed by atoms with Crippen LogP contribution in [0.15, 0.2) is 33.7 Å². The van der Waals surface area contributed by atoms with E-state index in [4.69, 9.17) is 5.26 Å². The SMILES string of the molecule is N#CCC/N=C/c1ccc(Br)cc1. The molecule has 0 heterocycles. The Bertz CT molecular complexity index is 322. The topological polar surface area (TPSA) is 36.1 Å². The second kappa shape index (κ2) is 5.50. The third-order valence-electron chi connectivity index (χ3n) is 1.46. The highest BCUT2D eigenvalue weighted by Gasteiger charge is 1.87. The Morgan fingerprint density at radius 3 is 2.69 bits per heavy atom. The third kappa shape index (κ3) is 3.86. The molecule has 1 aromatic rings. The maximum Gasteiger partial charge on any atom is 0.0641 e. The molecule has 0 saturated heterocycles. The summed E-state index contributed by atoms with van der Waals surface area (Å²) in [6.45, 7) is 0.576. The molecule has 0 spiro atoms. The van der Waals surface area contributed by atoms with E-state index < -0.39 is 0 Å². The third-order valence-corrected chi connectivity index (χ3v) is 1.99. The molecule has 13 heavy (non-hydrogen) atoms. The summed E-state index contributed by atoms with van der Waals surface area (Å²) in [4.78, 5) is 4.10. The minimum atomic E-state index is 0.479. The lowest BCUT2D eigenvalue weighted by molar-refractivity contribution is 1.02. The molecule has 1 aromatic carbocycles. The van der Waals surface area contributed by atoms with Gasteiger partial charge < -0.3 is 0 Å². The van der Waals surface area contributed by atoms with E-state index in [0.717, 1.165) is 10.0 Å². The first kappa shape index (κ1) is 9.94. The van der Waals surface area contributed by atoms with Crippen molar-refractivity contribution in [1.82, 2.24) is 0 Å². The summed E-state index contributed by atoms with van der Waals surface area (Å²) in [7, 11) is 0. The number of nitriles is 1. The molecule has 0 fully saturated rings. The number of aliphatic imine (C=N–C) groups is 1. The maximum atomic E-state index is 8.27. The van der Waals surface area contributed by atoms with Crippen LogP contribution in [-0.2, 0) is 0 Å². The predicted molar refractivity (Wildman–Crippen MR) is 56.8 cm³/mol. The molecule has 66 valence electrons. The van der Waals surface area contributed by atoms with Gasteiger partial charge in [-0.05, 0) is 17.7 Å². The normalized spacial score (nSPS) is 10.2. The molecule has 0 amide bonds. The summed E-state index contributed by atoms with van der Waals surface area (Å²) in [5.41, 5.74) is 1.06. The van der Waals surface area contributed by atoms with Crippen molar-refractivity contribution in [3.8, 4) is 6.07 Å². The minimum Gasteiger partial charge on any atom is -0.291 e. The van der Waals surface area contributed by atoms with Crippen molar-refractivity contribution in [3.05, 3.63) is 34.3 Å². The van der Waals surface area contributed by atoms with Gasteiger partial charge >= 0.3 is 0 Å². The molecule has 3 heteroatoms. The summed E-state index contributed by atoms with van der Waals surface area (Å²) in [6, 6.07) is 9.91. The summed E-state index contributed by atoms with van der Waals surface area (Å²) in [5, 5.41) is 8.27. The van der Waals surface area contributed by atoms with Gasteiger partial charge in [0.2, 0.25) is 0 Å². The smallest absolute Gasteiger partial charge is 0.0641 e. The number of hydrogen-bond donors (Lipinski definition) is 0. The summed E-state index contributed by atoms with van der Waals surface area (Å²) < 4.78 is 1.06. The Balaban J connectivity index is 2.50. The minimum absolute atomic E-state index is 0.479. The maximum absolute atomic E-state index is 8.27. The summed E-state index contributed by atoms with van der Waals surface area (Å²) in [5.74, 6) is 0. The first-order valence-electron chi connectivity index (χ1n) is 3.95. The largest absolute Gasteiger partial charge is 0.291 e. The predicted octanol–water partition coefficient (Wildman–Crippen LogP) is 2.78. The second-order valence-corrected chi connectivity index (χ2v) is 3.41. The molecular weight excluding hydrogens is 228 g/mol. The van der Waals surface area contributed by atoms with E-state index in [9.17, 15) is 0 Å². The molecule has 0 aliphatic heterocycles. The van der Waals surface area contributed by atoms with Gasteiger partial charge in [-0.15, -0.1) is 0 Å². The molecular formula is C10H9BrN2. The molecule has 0 aliphatic carbocycles. The van der Waals surface area contributed by atoms with E-state index in [1.54, 1.807) is 6.21 Å². The van der Waals surface area contributed by atoms with Crippen molar-refractivity contribution in [3.63, 3.8) is 0 Å². The standard InChI is InChI=1S/C10H9BrN2/c11-10-4-2-9(3-5-10)8-13-7-1-6-12/h2-5,8H,1,7H2/b13-8+. The van der Waals surface area contributed by atoms with Crippen molar-refractivity contribution in [2.24, 2.45) is 4.99 Å². The zero-order valence-electron chi connectivity index (χ0n) is 7.07. The first-order valence-corrected chi connectivity index (χ1v) is 4.74. The van der Waals surface area contributed by atoms with Crippen LogP contribution in [0.3, 0.4) is 0 Å². The fraction of sp³-hybridized carbons (Fsp3) is 0.200. The van der Waals surface area contributed by atoms with E-state index >= 15 is 0 Å². The monoisotopic (exact) mass is 236 g/mol. The van der Waals surface area contributed by atoms with E-state index in [1.807, 2.05) is 30.3 Å². The van der Waals surface area contributed by atoms with Gasteiger partial charge in [-0.1, -0.05) is 28.1 Å². The molecule has 0 N–H and O–H groups in total. The van der Waals surface area contributed by atoms with E-state index in [0.29, 0.717) is 13.0 Å². The molecule has 0 bridgehead atoms. The Morgan fingerprint density at radius 2 is 2.08 bits per heavy atom. The average Bonchev–Trinajstić information content (AvgIpc) is 2.15. The van der Waals surface area contributed by atoms with Gasteiger partial charge in [-0.2, -0.15) is 5.26 Å². The van der Waals surface area contributed by atoms with Crippen LogP contribution in [0.25, 0.3) is 0 Å². The fourth-order valence-corrected chi connectivity index (χ4v) is 1.10. The van der Waals surface area contributed by atoms with Gasteiger partial charge in [0.15, 0.2) is 0 Å². The highest BCUT2D eigenvalue weighted by molar-refractivity contribution is 9.10. The lowest BCUT2D eigenvalue weighted by Crippen LogP contribution is -1.82. The van der Waals surface area contributed by atoms with Gasteiger partial charge in [-0.25, -0.2) is 0 Å². The van der Waals surface area contributed by atoms with Gasteiger partial charge in [0, 0.05) is 10.7 Å². The van der Waals surface area contributed by atoms with Crippen molar-refractivity contribution in [2.75, 3.05) is 6.54 Å². The lowest BCUT2D eigenvalue weighted by atomic mass is 10.2. The number of nitrogens with zero attached hydrogens (tertiary/aromatic N) is 2. The first-order chi connectivity index (χ1) is 6.33. The van der Waals surface area contributed by atoms with Gasteiger partial charge in [-0.3, -0.25) is 4.99 Å². The number of halogens is 1. The van der Waals surface area contributed by atoms with Crippen LogP contribution < -0.4 is 0 Å². The highest BCUT2D eigenvalue weighted by Crippen LogP contribution is 2.08. The molecule has 0 atom stereocenters. The molecule has 0 aromatic heterocycles. The molecule has 0 saturated carbocycles. The lowest BCUT2D eigenvalue weighted by Gasteiger charge is -1.92. The van der Waals surface area contributed by atoms with Crippen molar-refractivity contribution < 1.29 is 0 Å². The van der Waals surface area contributed by atoms with Crippen LogP contribution in [0.5, 0.6) is 0 Å². The molecule has 1 rings (SSSR count). The van der Waals surface area contributed by atoms with Crippen molar-refractivity contribution in [2.45, 2.75) is 6.42 Å². The van der Waals surface area contributed by atoms with Gasteiger partial charge in [0.1, 0.15) is 0 Å². The summed E-state index contributed by atoms with van der Waals surface area (Å²) in [6.07, 6.45) is 2.26. The van der Waals surface area contributed by atoms with Crippen molar-refractivity contribution >= 4 is 22.1 Å². The quantitative estimate of drug-likeness (QED) is 0.588. The van der Waals surface area contributed by atoms with Crippen LogP contribution in [-0.4, -0.2) is 12.8 Å². The van der Waals surface area contributed by atoms with Gasteiger partial charge in [0.25, 0.3) is 0 Å². The van der Waals surface area contributed by atoms with Gasteiger partial charge in [0.05, 0.1) is 19.0 Å². The Morgan fingerprint density at radius 1 is 1.38 bits per heavy atom. The van der Waals surface area contributed by atoms with E-state index in [-0.39, 0.29) is 0 Å². The number of hydrogen-bond acceptors (Lipinski definition) is 2. The fourth-order valence-electron chi connectivity index (χ4n) is 0.833. The average molecular weight is 237 g/mol. The molecule has 0 aliphatic rings. The van der Waals surface area contributed by atoms with Crippen LogP contribution in [0.1, 0.15) is 12.0 Å². The van der Waals surface area contributed by atoms with Crippen LogP contribution in [0.2, 0.25) is 0 Å². The van der Waals surface area contributed by atoms with Crippen LogP contribution in [0.4, 0.5) is 0 Å². The van der Waals surface area contributed by atoms with E-state index in [1.165, 1.54) is 0 Å². The molecule has 2 nitrogen and oxygen atoms in total. The molecule has 0 radical (unpaired) electrons. The van der Waals surface area contributed by atoms with Crippen LogP contribution >= 0.6 is 15.9 Å². The van der Waals surface area contributed by atoms with Crippen LogP contribution in [0, 0.1) is 11.3 Å². The highest BCUT2D eigenvalue weighted by atomic mass is 79.9. The van der Waals surface area contributed by atoms with Crippen molar-refractivity contribution in [1.29, 1.82) is 5.26 Å². The Hall–Kier alpha value is -1.14. The summed E-state index contributed by atoms with van der Waals surface area (Å²) >= 11 is 3.35. The number of rotatable bonds is 3.